The highest BCUT2D eigenvalue weighted by atomic mass is 15.0. The molecule has 0 spiro atoms. The molecule has 2 aliphatic rings. The summed E-state index contributed by atoms with van der Waals surface area (Å²) in [7, 11) is 0. The predicted molar refractivity (Wildman–Crippen MR) is 219 cm³/mol. The first kappa shape index (κ1) is 31.7. The molecule has 0 aliphatic carbocycles. The van der Waals surface area contributed by atoms with Gasteiger partial charge in [-0.1, -0.05) is 107 Å². The molecule has 0 unspecified atom stereocenters. The third-order valence-electron chi connectivity index (χ3n) is 11.9. The number of rotatable bonds is 0. The first-order valence-electron chi connectivity index (χ1n) is 18.6. The van der Waals surface area contributed by atoms with Crippen molar-refractivity contribution < 1.29 is 0 Å². The van der Waals surface area contributed by atoms with Gasteiger partial charge in [0.2, 0.25) is 0 Å². The molecule has 7 aromatic rings. The third-order valence-corrected chi connectivity index (χ3v) is 11.9. The highest BCUT2D eigenvalue weighted by molar-refractivity contribution is 7.00. The number of aryl methyl sites for hydroxylation is 1. The van der Waals surface area contributed by atoms with Gasteiger partial charge in [-0.2, -0.15) is 0 Å². The zero-order valence-corrected chi connectivity index (χ0v) is 32.4. The van der Waals surface area contributed by atoms with Gasteiger partial charge in [0.1, 0.15) is 0 Å². The lowest BCUT2D eigenvalue weighted by Crippen LogP contribution is -2.59. The van der Waals surface area contributed by atoms with E-state index in [0.717, 1.165) is 0 Å². The van der Waals surface area contributed by atoms with Crippen LogP contribution in [0.25, 0.3) is 55.0 Å². The largest absolute Gasteiger partial charge is 0.310 e. The van der Waals surface area contributed by atoms with Gasteiger partial charge >= 0.3 is 0 Å². The summed E-state index contributed by atoms with van der Waals surface area (Å²) in [5.41, 5.74) is 19.4. The Labute approximate surface area is 298 Å². The predicted octanol–water partition coefficient (Wildman–Crippen LogP) is 10.5. The van der Waals surface area contributed by atoms with Crippen LogP contribution < -0.4 is 16.4 Å². The summed E-state index contributed by atoms with van der Waals surface area (Å²) < 4.78 is 5.25. The molecule has 0 bridgehead atoms. The Hall–Kier alpha value is -4.24. The van der Waals surface area contributed by atoms with Crippen molar-refractivity contribution in [1.29, 1.82) is 0 Å². The second kappa shape index (κ2) is 9.55. The van der Waals surface area contributed by atoms with E-state index in [1.165, 1.54) is 99.2 Å². The fourth-order valence-electron chi connectivity index (χ4n) is 9.00. The number of aromatic nitrogens is 2. The van der Waals surface area contributed by atoms with Crippen LogP contribution in [-0.2, 0) is 21.7 Å². The van der Waals surface area contributed by atoms with Crippen LogP contribution in [0.4, 0.5) is 0 Å². The van der Waals surface area contributed by atoms with Gasteiger partial charge in [-0.3, -0.25) is 0 Å². The average Bonchev–Trinajstić information content (AvgIpc) is 3.52. The second-order valence-corrected chi connectivity index (χ2v) is 19.7. The Morgan fingerprint density at radius 2 is 0.780 bits per heavy atom. The van der Waals surface area contributed by atoms with Gasteiger partial charge in [-0.15, -0.1) is 0 Å². The molecule has 0 amide bonds. The molecular weight excluding hydrogens is 603 g/mol. The zero-order chi connectivity index (χ0) is 35.6. The van der Waals surface area contributed by atoms with Gasteiger partial charge in [0.15, 0.2) is 0 Å². The van der Waals surface area contributed by atoms with Gasteiger partial charge in [0, 0.05) is 44.0 Å². The SMILES string of the molecule is Cc1cc2c3c(c1)-n1c4ccc(C(C)(C)C)cc4c4cc(C(C)(C)C)cc(c41)B3c1cc(C(C)(C)C)cc3c4cc(C(C)(C)C)ccc4n-2c13. The van der Waals surface area contributed by atoms with Crippen LogP contribution in [0.2, 0.25) is 0 Å². The van der Waals surface area contributed by atoms with Crippen molar-refractivity contribution in [1.82, 2.24) is 9.13 Å². The maximum absolute atomic E-state index is 2.63. The highest BCUT2D eigenvalue weighted by Crippen LogP contribution is 2.43. The van der Waals surface area contributed by atoms with Gasteiger partial charge in [-0.25, -0.2) is 0 Å². The number of fused-ring (bicyclic) bond motifs is 10. The lowest BCUT2D eigenvalue weighted by molar-refractivity contribution is 0.590. The van der Waals surface area contributed by atoms with Crippen LogP contribution in [0.3, 0.4) is 0 Å². The van der Waals surface area contributed by atoms with Crippen molar-refractivity contribution in [3.63, 3.8) is 0 Å². The maximum atomic E-state index is 2.63. The van der Waals surface area contributed by atoms with E-state index in [0.29, 0.717) is 0 Å². The minimum atomic E-state index is 0.00658. The van der Waals surface area contributed by atoms with E-state index < -0.39 is 0 Å². The van der Waals surface area contributed by atoms with E-state index in [4.69, 9.17) is 0 Å². The Kier molecular flexibility index (Phi) is 6.06. The molecule has 0 saturated heterocycles. The minimum absolute atomic E-state index is 0.00658. The van der Waals surface area contributed by atoms with Gasteiger partial charge in [0.05, 0.1) is 11.0 Å². The van der Waals surface area contributed by atoms with Crippen LogP contribution in [0.15, 0.2) is 72.8 Å². The Bertz CT molecular complexity index is 2450. The Balaban J connectivity index is 1.52. The van der Waals surface area contributed by atoms with E-state index in [-0.39, 0.29) is 28.4 Å². The summed E-state index contributed by atoms with van der Waals surface area (Å²) >= 11 is 0. The molecule has 2 aromatic heterocycles. The molecule has 252 valence electrons. The molecule has 9 rings (SSSR count). The second-order valence-electron chi connectivity index (χ2n) is 19.7. The van der Waals surface area contributed by atoms with E-state index >= 15 is 0 Å². The van der Waals surface area contributed by atoms with Crippen LogP contribution in [0, 0.1) is 6.92 Å². The molecule has 0 saturated carbocycles. The lowest BCUT2D eigenvalue weighted by atomic mass is 9.34. The topological polar surface area (TPSA) is 9.86 Å². The van der Waals surface area contributed by atoms with E-state index in [1.54, 1.807) is 0 Å². The van der Waals surface area contributed by atoms with Crippen molar-refractivity contribution in [2.24, 2.45) is 0 Å². The summed E-state index contributed by atoms with van der Waals surface area (Å²) in [6.07, 6.45) is 0. The molecule has 2 aliphatic heterocycles. The van der Waals surface area contributed by atoms with Gasteiger partial charge in [0.25, 0.3) is 6.71 Å². The van der Waals surface area contributed by atoms with Crippen molar-refractivity contribution in [3.05, 3.63) is 101 Å². The maximum Gasteiger partial charge on any atom is 0.252 e. The van der Waals surface area contributed by atoms with E-state index in [9.17, 15) is 0 Å². The van der Waals surface area contributed by atoms with Crippen molar-refractivity contribution in [2.75, 3.05) is 0 Å². The van der Waals surface area contributed by atoms with Crippen molar-refractivity contribution in [3.8, 4) is 11.4 Å². The normalized spacial score (nSPS) is 14.5. The third kappa shape index (κ3) is 4.22. The molecule has 2 nitrogen and oxygen atoms in total. The minimum Gasteiger partial charge on any atom is -0.310 e. The van der Waals surface area contributed by atoms with Crippen molar-refractivity contribution >= 4 is 66.7 Å². The molecule has 0 atom stereocenters. The van der Waals surface area contributed by atoms with Crippen LogP contribution in [-0.4, -0.2) is 15.8 Å². The molecule has 50 heavy (non-hydrogen) atoms. The number of benzene rings is 5. The molecule has 0 radical (unpaired) electrons. The van der Waals surface area contributed by atoms with Crippen LogP contribution in [0.1, 0.15) is 111 Å². The quantitative estimate of drug-likeness (QED) is 0.144. The summed E-state index contributed by atoms with van der Waals surface area (Å²) in [5.74, 6) is 0. The molecule has 5 aromatic carbocycles. The van der Waals surface area contributed by atoms with Gasteiger partial charge < -0.3 is 9.13 Å². The van der Waals surface area contributed by atoms with Gasteiger partial charge in [-0.05, 0) is 121 Å². The fourth-order valence-corrected chi connectivity index (χ4v) is 9.00. The van der Waals surface area contributed by atoms with Crippen LogP contribution >= 0.6 is 0 Å². The van der Waals surface area contributed by atoms with E-state index in [1.807, 2.05) is 0 Å². The Morgan fingerprint density at radius 1 is 0.420 bits per heavy atom. The first-order valence-corrected chi connectivity index (χ1v) is 18.6. The molecule has 0 fully saturated rings. The monoisotopic (exact) mass is 654 g/mol. The Morgan fingerprint density at radius 3 is 1.14 bits per heavy atom. The van der Waals surface area contributed by atoms with Crippen LogP contribution in [0.5, 0.6) is 0 Å². The fraction of sp³-hybridized carbons (Fsp3) is 0.362. The first-order chi connectivity index (χ1) is 23.2. The molecule has 3 heteroatoms. The summed E-state index contributed by atoms with van der Waals surface area (Å²) in [5, 5.41) is 5.49. The van der Waals surface area contributed by atoms with E-state index in [2.05, 4.69) is 172 Å². The summed E-state index contributed by atoms with van der Waals surface area (Å²) in [6, 6.07) is 29.6. The number of hydrogen-bond donors (Lipinski definition) is 0. The number of hydrogen-bond acceptors (Lipinski definition) is 0. The standard InChI is InChI=1S/C47H51BN2/c1-26-18-39-41-40(19-26)50-38-17-15-28(45(5,6)7)21-32(38)34-23-30(47(11,12)13)25-36(43(34)50)48(41)35-24-29(46(8,9)10)22-33-31-20-27(44(2,3)4)14-16-37(31)49(39)42(33)35/h14-25H,1-13H3. The molecule has 0 N–H and O–H groups in total. The summed E-state index contributed by atoms with van der Waals surface area (Å²) in [6.45, 7) is 30.6. The lowest BCUT2D eigenvalue weighted by Gasteiger charge is -2.35. The smallest absolute Gasteiger partial charge is 0.252 e. The summed E-state index contributed by atoms with van der Waals surface area (Å²) in [4.78, 5) is 0. The van der Waals surface area contributed by atoms with Crippen molar-refractivity contribution in [2.45, 2.75) is 112 Å². The average molecular weight is 655 g/mol. The zero-order valence-electron chi connectivity index (χ0n) is 32.4. The molecular formula is C47H51BN2. The number of nitrogens with zero attached hydrogens (tertiary/aromatic N) is 2. The molecule has 4 heterocycles. The highest BCUT2D eigenvalue weighted by Gasteiger charge is 2.42.